The normalized spacial score (nSPS) is 15.8. The summed E-state index contributed by atoms with van der Waals surface area (Å²) in [6.07, 6.45) is 1.29. The molecule has 31 heavy (non-hydrogen) atoms. The molecular weight excluding hydrogens is 499 g/mol. The Morgan fingerprint density at radius 3 is 2.45 bits per heavy atom. The van der Waals surface area contributed by atoms with E-state index in [0.29, 0.717) is 49.1 Å². The zero-order valence-corrected chi connectivity index (χ0v) is 20.2. The SMILES string of the molecule is O=S(=O)(c1cc(Cl)ccc1Cl)N1CCCN(c2nc(Cc3ccc(Cl)cc3)ns2)CC1. The molecule has 0 aliphatic carbocycles. The number of hydrogen-bond acceptors (Lipinski definition) is 6. The number of rotatable bonds is 5. The Balaban J connectivity index is 1.45. The zero-order chi connectivity index (χ0) is 22.0. The van der Waals surface area contributed by atoms with Crippen molar-refractivity contribution >= 4 is 61.5 Å². The summed E-state index contributed by atoms with van der Waals surface area (Å²) >= 11 is 19.4. The first-order valence-electron chi connectivity index (χ1n) is 9.60. The van der Waals surface area contributed by atoms with E-state index in [1.807, 2.05) is 24.3 Å². The van der Waals surface area contributed by atoms with Crippen molar-refractivity contribution in [2.75, 3.05) is 31.1 Å². The molecule has 6 nitrogen and oxygen atoms in total. The minimum atomic E-state index is -3.74. The van der Waals surface area contributed by atoms with E-state index in [2.05, 4.69) is 14.3 Å². The van der Waals surface area contributed by atoms with Gasteiger partial charge in [0.1, 0.15) is 10.7 Å². The van der Waals surface area contributed by atoms with Crippen LogP contribution in [0.15, 0.2) is 47.4 Å². The molecule has 0 spiro atoms. The lowest BCUT2D eigenvalue weighted by atomic mass is 10.1. The van der Waals surface area contributed by atoms with Crippen molar-refractivity contribution < 1.29 is 8.42 Å². The van der Waals surface area contributed by atoms with E-state index in [0.717, 1.165) is 16.5 Å². The molecule has 11 heteroatoms. The lowest BCUT2D eigenvalue weighted by molar-refractivity contribution is 0.433. The van der Waals surface area contributed by atoms with E-state index < -0.39 is 10.0 Å². The summed E-state index contributed by atoms with van der Waals surface area (Å²) in [5.74, 6) is 0.738. The van der Waals surface area contributed by atoms with Crippen LogP contribution in [0.25, 0.3) is 0 Å². The molecule has 2 aromatic carbocycles. The van der Waals surface area contributed by atoms with Crippen molar-refractivity contribution in [1.29, 1.82) is 0 Å². The number of anilines is 1. The van der Waals surface area contributed by atoms with Crippen LogP contribution >= 0.6 is 46.3 Å². The van der Waals surface area contributed by atoms with Gasteiger partial charge in [0, 0.05) is 54.2 Å². The van der Waals surface area contributed by atoms with Gasteiger partial charge in [-0.25, -0.2) is 13.4 Å². The molecule has 0 unspecified atom stereocenters. The molecule has 1 saturated heterocycles. The predicted molar refractivity (Wildman–Crippen MR) is 126 cm³/mol. The third-order valence-corrected chi connectivity index (χ3v) is 8.65. The fourth-order valence-corrected chi connectivity index (χ4v) is 6.44. The summed E-state index contributed by atoms with van der Waals surface area (Å²) in [5, 5.41) is 1.99. The number of nitrogens with zero attached hydrogens (tertiary/aromatic N) is 4. The van der Waals surface area contributed by atoms with Gasteiger partial charge in [-0.15, -0.1) is 0 Å². The van der Waals surface area contributed by atoms with Gasteiger partial charge in [0.05, 0.1) is 5.02 Å². The van der Waals surface area contributed by atoms with E-state index in [4.69, 9.17) is 34.8 Å². The summed E-state index contributed by atoms with van der Waals surface area (Å²) in [6.45, 7) is 1.95. The van der Waals surface area contributed by atoms with E-state index in [1.54, 1.807) is 6.07 Å². The van der Waals surface area contributed by atoms with Gasteiger partial charge < -0.3 is 4.90 Å². The van der Waals surface area contributed by atoms with Crippen molar-refractivity contribution in [3.63, 3.8) is 0 Å². The topological polar surface area (TPSA) is 66.4 Å². The van der Waals surface area contributed by atoms with Gasteiger partial charge in [-0.2, -0.15) is 8.68 Å². The monoisotopic (exact) mass is 516 g/mol. The Morgan fingerprint density at radius 1 is 0.935 bits per heavy atom. The Morgan fingerprint density at radius 2 is 1.68 bits per heavy atom. The van der Waals surface area contributed by atoms with Gasteiger partial charge in [0.25, 0.3) is 0 Å². The second-order valence-corrected chi connectivity index (χ2v) is 11.0. The number of benzene rings is 2. The molecule has 0 bridgehead atoms. The van der Waals surface area contributed by atoms with Crippen LogP contribution in [0.4, 0.5) is 5.13 Å². The van der Waals surface area contributed by atoms with Gasteiger partial charge in [-0.3, -0.25) is 0 Å². The van der Waals surface area contributed by atoms with E-state index in [9.17, 15) is 8.42 Å². The Bertz CT molecular complexity index is 1170. The number of sulfonamides is 1. The molecule has 1 aliphatic rings. The van der Waals surface area contributed by atoms with Crippen LogP contribution in [0.1, 0.15) is 17.8 Å². The van der Waals surface area contributed by atoms with Crippen LogP contribution in [-0.4, -0.2) is 48.3 Å². The average molecular weight is 518 g/mol. The molecule has 1 fully saturated rings. The molecule has 164 valence electrons. The summed E-state index contributed by atoms with van der Waals surface area (Å²) in [4.78, 5) is 6.78. The van der Waals surface area contributed by atoms with Gasteiger partial charge in [0.2, 0.25) is 15.2 Å². The zero-order valence-electron chi connectivity index (χ0n) is 16.3. The first-order chi connectivity index (χ1) is 14.8. The maximum atomic E-state index is 13.1. The van der Waals surface area contributed by atoms with E-state index in [1.165, 1.54) is 28.0 Å². The Hall–Kier alpha value is -1.42. The second kappa shape index (κ2) is 9.60. The lowest BCUT2D eigenvalue weighted by Crippen LogP contribution is -2.35. The van der Waals surface area contributed by atoms with Crippen molar-refractivity contribution in [3.8, 4) is 0 Å². The fourth-order valence-electron chi connectivity index (χ4n) is 3.37. The van der Waals surface area contributed by atoms with Gasteiger partial charge >= 0.3 is 0 Å². The molecule has 3 aromatic rings. The molecule has 1 aromatic heterocycles. The minimum Gasteiger partial charge on any atom is -0.345 e. The highest BCUT2D eigenvalue weighted by molar-refractivity contribution is 7.89. The summed E-state index contributed by atoms with van der Waals surface area (Å²) < 4.78 is 32.2. The molecule has 0 N–H and O–H groups in total. The quantitative estimate of drug-likeness (QED) is 0.477. The molecule has 1 aliphatic heterocycles. The van der Waals surface area contributed by atoms with Crippen LogP contribution < -0.4 is 4.90 Å². The van der Waals surface area contributed by atoms with E-state index in [-0.39, 0.29) is 9.92 Å². The largest absolute Gasteiger partial charge is 0.345 e. The molecule has 0 amide bonds. The van der Waals surface area contributed by atoms with E-state index >= 15 is 0 Å². The Kier molecular flexibility index (Phi) is 7.05. The summed E-state index contributed by atoms with van der Waals surface area (Å²) in [7, 11) is -3.74. The average Bonchev–Trinajstić information content (AvgIpc) is 3.05. The summed E-state index contributed by atoms with van der Waals surface area (Å²) in [5.41, 5.74) is 1.08. The lowest BCUT2D eigenvalue weighted by Gasteiger charge is -2.21. The van der Waals surface area contributed by atoms with Gasteiger partial charge in [-0.1, -0.05) is 46.9 Å². The van der Waals surface area contributed by atoms with Crippen LogP contribution in [0, 0.1) is 0 Å². The van der Waals surface area contributed by atoms with Crippen molar-refractivity contribution in [1.82, 2.24) is 13.7 Å². The number of aromatic nitrogens is 2. The molecule has 4 rings (SSSR count). The van der Waals surface area contributed by atoms with Crippen molar-refractivity contribution in [3.05, 3.63) is 68.9 Å². The first kappa shape index (κ1) is 22.8. The number of halogens is 3. The maximum absolute atomic E-state index is 13.1. The molecule has 0 radical (unpaired) electrons. The highest BCUT2D eigenvalue weighted by Gasteiger charge is 2.29. The van der Waals surface area contributed by atoms with Gasteiger partial charge in [-0.05, 0) is 42.3 Å². The first-order valence-corrected chi connectivity index (χ1v) is 12.9. The fraction of sp³-hybridized carbons (Fsp3) is 0.300. The van der Waals surface area contributed by atoms with Crippen molar-refractivity contribution in [2.45, 2.75) is 17.7 Å². The Labute approximate surface area is 200 Å². The van der Waals surface area contributed by atoms with Crippen molar-refractivity contribution in [2.24, 2.45) is 0 Å². The smallest absolute Gasteiger partial charge is 0.244 e. The third kappa shape index (κ3) is 5.32. The molecule has 0 saturated carbocycles. The highest BCUT2D eigenvalue weighted by atomic mass is 35.5. The van der Waals surface area contributed by atoms with Crippen LogP contribution in [0.2, 0.25) is 15.1 Å². The third-order valence-electron chi connectivity index (χ3n) is 4.97. The maximum Gasteiger partial charge on any atom is 0.244 e. The second-order valence-electron chi connectivity index (χ2n) is 7.12. The molecule has 2 heterocycles. The summed E-state index contributed by atoms with van der Waals surface area (Å²) in [6, 6.07) is 12.1. The van der Waals surface area contributed by atoms with Crippen LogP contribution in [-0.2, 0) is 16.4 Å². The van der Waals surface area contributed by atoms with Crippen LogP contribution in [0.5, 0.6) is 0 Å². The predicted octanol–water partition coefficient (Wildman–Crippen LogP) is 4.99. The van der Waals surface area contributed by atoms with Gasteiger partial charge in [0.15, 0.2) is 0 Å². The number of hydrogen-bond donors (Lipinski definition) is 0. The highest BCUT2D eigenvalue weighted by Crippen LogP contribution is 2.29. The standard InChI is InChI=1S/C20H19Cl3N4O2S2/c21-15-4-2-14(3-5-15)12-19-24-20(30-25-19)26-8-1-9-27(11-10-26)31(28,29)18-13-16(22)6-7-17(18)23/h2-7,13H,1,8-12H2. The molecular formula is C20H19Cl3N4O2S2. The minimum absolute atomic E-state index is 0.0382. The van der Waals surface area contributed by atoms with Crippen LogP contribution in [0.3, 0.4) is 0 Å². The molecule has 0 atom stereocenters.